The van der Waals surface area contributed by atoms with Gasteiger partial charge in [-0.15, -0.1) is 0 Å². The summed E-state index contributed by atoms with van der Waals surface area (Å²) in [5, 5.41) is 0. The van der Waals surface area contributed by atoms with Crippen LogP contribution in [-0.2, 0) is 0 Å². The molecule has 16 heavy (non-hydrogen) atoms. The Balaban J connectivity index is 2.00. The molecule has 0 amide bonds. The number of rotatable bonds is 3. The summed E-state index contributed by atoms with van der Waals surface area (Å²) in [7, 11) is 2.29. The van der Waals surface area contributed by atoms with Gasteiger partial charge in [0.15, 0.2) is 0 Å². The lowest BCUT2D eigenvalue weighted by Crippen LogP contribution is -2.35. The Morgan fingerprint density at radius 2 is 1.69 bits per heavy atom. The molecule has 0 aromatic heterocycles. The first-order valence-corrected chi connectivity index (χ1v) is 6.56. The summed E-state index contributed by atoms with van der Waals surface area (Å²) in [6, 6.07) is 12.2. The molecule has 1 nitrogen and oxygen atoms in total. The van der Waals surface area contributed by atoms with Crippen molar-refractivity contribution in [2.75, 3.05) is 7.05 Å². The normalized spacial score (nSPS) is 19.9. The molecule has 1 heteroatoms. The Hall–Kier alpha value is -0.820. The van der Waals surface area contributed by atoms with Crippen LogP contribution in [0, 0.1) is 0 Å². The summed E-state index contributed by atoms with van der Waals surface area (Å²) in [5.74, 6) is 0. The van der Waals surface area contributed by atoms with E-state index in [2.05, 4.69) is 49.2 Å². The molecule has 0 spiro atoms. The Morgan fingerprint density at radius 1 is 1.06 bits per heavy atom. The van der Waals surface area contributed by atoms with E-state index >= 15 is 0 Å². The highest BCUT2D eigenvalue weighted by Gasteiger charge is 2.22. The van der Waals surface area contributed by atoms with Crippen LogP contribution in [0.15, 0.2) is 30.3 Å². The topological polar surface area (TPSA) is 3.24 Å². The molecule has 0 heterocycles. The standard InChI is InChI=1S/C15H23N/c1-13(14-9-5-3-6-10-14)16(2)15-11-7-4-8-12-15/h3,5-6,9-10,13,15H,4,7-8,11-12H2,1-2H3. The number of nitrogens with zero attached hydrogens (tertiary/aromatic N) is 1. The van der Waals surface area contributed by atoms with Crippen LogP contribution < -0.4 is 0 Å². The van der Waals surface area contributed by atoms with E-state index in [-0.39, 0.29) is 0 Å². The van der Waals surface area contributed by atoms with E-state index in [4.69, 9.17) is 0 Å². The first-order chi connectivity index (χ1) is 7.79. The molecule has 1 unspecified atom stereocenters. The van der Waals surface area contributed by atoms with E-state index in [0.29, 0.717) is 6.04 Å². The largest absolute Gasteiger partial charge is 0.297 e. The monoisotopic (exact) mass is 217 g/mol. The van der Waals surface area contributed by atoms with Gasteiger partial charge in [-0.3, -0.25) is 4.90 Å². The predicted octanol–water partition coefficient (Wildman–Crippen LogP) is 4.01. The molecule has 1 atom stereocenters. The van der Waals surface area contributed by atoms with Crippen molar-refractivity contribution in [2.24, 2.45) is 0 Å². The van der Waals surface area contributed by atoms with Crippen LogP contribution >= 0.6 is 0 Å². The molecule has 1 aliphatic rings. The zero-order valence-corrected chi connectivity index (χ0v) is 10.5. The average Bonchev–Trinajstić information content (AvgIpc) is 2.39. The van der Waals surface area contributed by atoms with Gasteiger partial charge in [0.2, 0.25) is 0 Å². The second-order valence-corrected chi connectivity index (χ2v) is 5.04. The summed E-state index contributed by atoms with van der Waals surface area (Å²) in [4.78, 5) is 2.56. The molecule has 1 fully saturated rings. The highest BCUT2D eigenvalue weighted by Crippen LogP contribution is 2.28. The predicted molar refractivity (Wildman–Crippen MR) is 69.5 cm³/mol. The molecule has 0 bridgehead atoms. The van der Waals surface area contributed by atoms with Gasteiger partial charge in [-0.25, -0.2) is 0 Å². The lowest BCUT2D eigenvalue weighted by Gasteiger charge is -2.35. The van der Waals surface area contributed by atoms with E-state index in [9.17, 15) is 0 Å². The molecule has 1 saturated carbocycles. The lowest BCUT2D eigenvalue weighted by atomic mass is 9.93. The maximum atomic E-state index is 2.56. The van der Waals surface area contributed by atoms with Crippen LogP contribution in [0.5, 0.6) is 0 Å². The first-order valence-electron chi connectivity index (χ1n) is 6.56. The van der Waals surface area contributed by atoms with Crippen LogP contribution in [-0.4, -0.2) is 18.0 Å². The van der Waals surface area contributed by atoms with Gasteiger partial charge >= 0.3 is 0 Å². The van der Waals surface area contributed by atoms with Gasteiger partial charge in [0.05, 0.1) is 0 Å². The number of hydrogen-bond acceptors (Lipinski definition) is 1. The minimum Gasteiger partial charge on any atom is -0.297 e. The maximum absolute atomic E-state index is 2.56. The van der Waals surface area contributed by atoms with Crippen LogP contribution in [0.2, 0.25) is 0 Å². The van der Waals surface area contributed by atoms with Crippen molar-refractivity contribution in [1.82, 2.24) is 4.90 Å². The van der Waals surface area contributed by atoms with E-state index in [1.807, 2.05) is 0 Å². The van der Waals surface area contributed by atoms with Crippen molar-refractivity contribution in [1.29, 1.82) is 0 Å². The van der Waals surface area contributed by atoms with Gasteiger partial charge in [0.1, 0.15) is 0 Å². The second kappa shape index (κ2) is 5.49. The molecule has 1 aliphatic carbocycles. The molecular weight excluding hydrogens is 194 g/mol. The Morgan fingerprint density at radius 3 is 2.31 bits per heavy atom. The smallest absolute Gasteiger partial charge is 0.0319 e. The fraction of sp³-hybridized carbons (Fsp3) is 0.600. The summed E-state index contributed by atoms with van der Waals surface area (Å²) < 4.78 is 0. The van der Waals surface area contributed by atoms with Crippen LogP contribution in [0.1, 0.15) is 50.6 Å². The molecule has 0 aliphatic heterocycles. The van der Waals surface area contributed by atoms with E-state index in [0.717, 1.165) is 6.04 Å². The van der Waals surface area contributed by atoms with E-state index < -0.39 is 0 Å². The highest BCUT2D eigenvalue weighted by molar-refractivity contribution is 5.18. The minimum atomic E-state index is 0.546. The van der Waals surface area contributed by atoms with E-state index in [1.165, 1.54) is 37.7 Å². The second-order valence-electron chi connectivity index (χ2n) is 5.04. The molecule has 0 radical (unpaired) electrons. The fourth-order valence-electron chi connectivity index (χ4n) is 2.77. The summed E-state index contributed by atoms with van der Waals surface area (Å²) in [5.41, 5.74) is 1.44. The van der Waals surface area contributed by atoms with Crippen LogP contribution in [0.4, 0.5) is 0 Å². The Labute approximate surface area is 99.5 Å². The highest BCUT2D eigenvalue weighted by atomic mass is 15.2. The molecule has 1 aromatic rings. The Bertz CT molecular complexity index is 300. The van der Waals surface area contributed by atoms with Crippen LogP contribution in [0.3, 0.4) is 0 Å². The SMILES string of the molecule is CC(c1ccccc1)N(C)C1CCCCC1. The maximum Gasteiger partial charge on any atom is 0.0319 e. The molecule has 1 aromatic carbocycles. The quantitative estimate of drug-likeness (QED) is 0.739. The molecule has 0 N–H and O–H groups in total. The van der Waals surface area contributed by atoms with Gasteiger partial charge in [0.25, 0.3) is 0 Å². The number of benzene rings is 1. The molecule has 0 saturated heterocycles. The minimum absolute atomic E-state index is 0.546. The third-order valence-corrected chi connectivity index (χ3v) is 4.04. The summed E-state index contributed by atoms with van der Waals surface area (Å²) >= 11 is 0. The zero-order valence-electron chi connectivity index (χ0n) is 10.5. The summed E-state index contributed by atoms with van der Waals surface area (Å²) in [6.45, 7) is 2.32. The van der Waals surface area contributed by atoms with Gasteiger partial charge in [-0.1, -0.05) is 49.6 Å². The van der Waals surface area contributed by atoms with E-state index in [1.54, 1.807) is 0 Å². The molecule has 88 valence electrons. The number of hydrogen-bond donors (Lipinski definition) is 0. The van der Waals surface area contributed by atoms with Crippen molar-refractivity contribution in [2.45, 2.75) is 51.1 Å². The third-order valence-electron chi connectivity index (χ3n) is 4.04. The van der Waals surface area contributed by atoms with Crippen molar-refractivity contribution < 1.29 is 0 Å². The molecular formula is C15H23N. The lowest BCUT2D eigenvalue weighted by molar-refractivity contribution is 0.146. The average molecular weight is 217 g/mol. The van der Waals surface area contributed by atoms with Gasteiger partial charge < -0.3 is 0 Å². The van der Waals surface area contributed by atoms with Crippen molar-refractivity contribution in [3.8, 4) is 0 Å². The zero-order chi connectivity index (χ0) is 11.4. The summed E-state index contributed by atoms with van der Waals surface area (Å²) in [6.07, 6.45) is 7.03. The fourth-order valence-corrected chi connectivity index (χ4v) is 2.77. The Kier molecular flexibility index (Phi) is 4.00. The molecule has 2 rings (SSSR count). The van der Waals surface area contributed by atoms with Crippen molar-refractivity contribution in [3.05, 3.63) is 35.9 Å². The van der Waals surface area contributed by atoms with Crippen molar-refractivity contribution >= 4 is 0 Å². The van der Waals surface area contributed by atoms with Gasteiger partial charge in [0, 0.05) is 12.1 Å². The van der Waals surface area contributed by atoms with Gasteiger partial charge in [-0.05, 0) is 32.4 Å². The van der Waals surface area contributed by atoms with Crippen LogP contribution in [0.25, 0.3) is 0 Å². The van der Waals surface area contributed by atoms with Gasteiger partial charge in [-0.2, -0.15) is 0 Å². The van der Waals surface area contributed by atoms with Crippen molar-refractivity contribution in [3.63, 3.8) is 0 Å². The third kappa shape index (κ3) is 2.65. The first kappa shape index (κ1) is 11.7.